The van der Waals surface area contributed by atoms with Gasteiger partial charge in [0.05, 0.1) is 0 Å². The van der Waals surface area contributed by atoms with Crippen LogP contribution in [0, 0.1) is 0 Å². The maximum atomic E-state index is 10.9. The second-order valence-electron chi connectivity index (χ2n) is 5.07. The number of nitrogens with one attached hydrogen (secondary N) is 1. The average Bonchev–Trinajstić information content (AvgIpc) is 2.60. The van der Waals surface area contributed by atoms with E-state index in [4.69, 9.17) is 0 Å². The molecule has 0 aliphatic carbocycles. The minimum absolute atomic E-state index is 0.0183. The molecular weight excluding hydrogens is 224 g/mol. The Bertz CT molecular complexity index is 378. The third kappa shape index (κ3) is 4.15. The summed E-state index contributed by atoms with van der Waals surface area (Å²) in [6.45, 7) is 4.99. The molecule has 0 saturated carbocycles. The number of carbonyl (C=O) groups is 1. The molecule has 1 aliphatic rings. The first-order valence-corrected chi connectivity index (χ1v) is 6.83. The number of benzene rings is 1. The topological polar surface area (TPSA) is 32.3 Å². The molecule has 98 valence electrons. The number of rotatable bonds is 3. The smallest absolute Gasteiger partial charge is 0.221 e. The molecule has 1 heterocycles. The zero-order valence-electron chi connectivity index (χ0n) is 11.1. The molecule has 0 radical (unpaired) electrons. The van der Waals surface area contributed by atoms with Gasteiger partial charge in [-0.2, -0.15) is 0 Å². The molecule has 1 aliphatic heterocycles. The lowest BCUT2D eigenvalue weighted by atomic mass is 10.2. The molecule has 1 fully saturated rings. The molecule has 3 nitrogen and oxygen atoms in total. The van der Waals surface area contributed by atoms with E-state index in [1.165, 1.54) is 51.3 Å². The van der Waals surface area contributed by atoms with Gasteiger partial charge in [0, 0.05) is 19.2 Å². The number of carbonyl (C=O) groups excluding carboxylic acids is 1. The Morgan fingerprint density at radius 2 is 1.72 bits per heavy atom. The summed E-state index contributed by atoms with van der Waals surface area (Å²) in [5.41, 5.74) is 2.20. The number of hydrogen-bond donors (Lipinski definition) is 1. The predicted molar refractivity (Wildman–Crippen MR) is 74.5 cm³/mol. The van der Waals surface area contributed by atoms with Crippen LogP contribution in [-0.4, -0.2) is 23.9 Å². The summed E-state index contributed by atoms with van der Waals surface area (Å²) in [5.74, 6) is -0.0183. The van der Waals surface area contributed by atoms with Crippen LogP contribution in [0.2, 0.25) is 0 Å². The lowest BCUT2D eigenvalue weighted by molar-refractivity contribution is -0.114. The highest BCUT2D eigenvalue weighted by atomic mass is 16.1. The van der Waals surface area contributed by atoms with E-state index < -0.39 is 0 Å². The van der Waals surface area contributed by atoms with Gasteiger partial charge in [-0.25, -0.2) is 0 Å². The maximum Gasteiger partial charge on any atom is 0.221 e. The van der Waals surface area contributed by atoms with Gasteiger partial charge in [0.1, 0.15) is 0 Å². The molecule has 1 aromatic rings. The molecule has 0 bridgehead atoms. The van der Waals surface area contributed by atoms with E-state index in [0.717, 1.165) is 12.2 Å². The monoisotopic (exact) mass is 246 g/mol. The second-order valence-corrected chi connectivity index (χ2v) is 5.07. The van der Waals surface area contributed by atoms with Crippen molar-refractivity contribution >= 4 is 11.6 Å². The van der Waals surface area contributed by atoms with Crippen LogP contribution in [0.25, 0.3) is 0 Å². The van der Waals surface area contributed by atoms with E-state index in [1.54, 1.807) is 0 Å². The molecular formula is C15H22N2O. The number of nitrogens with zero attached hydrogens (tertiary/aromatic N) is 1. The highest BCUT2D eigenvalue weighted by molar-refractivity contribution is 5.88. The highest BCUT2D eigenvalue weighted by Gasteiger charge is 2.09. The summed E-state index contributed by atoms with van der Waals surface area (Å²) in [6, 6.07) is 8.18. The van der Waals surface area contributed by atoms with Gasteiger partial charge in [0.2, 0.25) is 5.91 Å². The van der Waals surface area contributed by atoms with Crippen LogP contribution < -0.4 is 5.32 Å². The molecule has 1 saturated heterocycles. The maximum absolute atomic E-state index is 10.9. The first-order valence-electron chi connectivity index (χ1n) is 6.83. The van der Waals surface area contributed by atoms with Gasteiger partial charge in [-0.15, -0.1) is 0 Å². The quantitative estimate of drug-likeness (QED) is 0.889. The van der Waals surface area contributed by atoms with Crippen molar-refractivity contribution in [1.29, 1.82) is 0 Å². The third-order valence-corrected chi connectivity index (χ3v) is 3.38. The molecule has 1 aromatic carbocycles. The highest BCUT2D eigenvalue weighted by Crippen LogP contribution is 2.15. The fraction of sp³-hybridized carbons (Fsp3) is 0.533. The van der Waals surface area contributed by atoms with Gasteiger partial charge in [-0.1, -0.05) is 25.0 Å². The number of amides is 1. The van der Waals surface area contributed by atoms with Gasteiger partial charge in [-0.05, 0) is 43.6 Å². The Hall–Kier alpha value is -1.35. The Morgan fingerprint density at radius 1 is 1.11 bits per heavy atom. The fourth-order valence-electron chi connectivity index (χ4n) is 2.45. The first kappa shape index (κ1) is 13.1. The van der Waals surface area contributed by atoms with Crippen molar-refractivity contribution in [3.63, 3.8) is 0 Å². The minimum atomic E-state index is -0.0183. The van der Waals surface area contributed by atoms with E-state index in [1.807, 2.05) is 12.1 Å². The van der Waals surface area contributed by atoms with E-state index in [2.05, 4.69) is 22.3 Å². The molecule has 2 rings (SSSR count). The summed E-state index contributed by atoms with van der Waals surface area (Å²) >= 11 is 0. The number of likely N-dealkylation sites (tertiary alicyclic amines) is 1. The van der Waals surface area contributed by atoms with Gasteiger partial charge >= 0.3 is 0 Å². The third-order valence-electron chi connectivity index (χ3n) is 3.38. The van der Waals surface area contributed by atoms with E-state index >= 15 is 0 Å². The van der Waals surface area contributed by atoms with Crippen LogP contribution in [0.5, 0.6) is 0 Å². The van der Waals surface area contributed by atoms with E-state index in [0.29, 0.717) is 0 Å². The molecule has 3 heteroatoms. The van der Waals surface area contributed by atoms with Gasteiger partial charge < -0.3 is 5.32 Å². The fourth-order valence-corrected chi connectivity index (χ4v) is 2.45. The summed E-state index contributed by atoms with van der Waals surface area (Å²) in [5, 5.41) is 2.79. The van der Waals surface area contributed by atoms with Crippen molar-refractivity contribution in [2.75, 3.05) is 18.4 Å². The van der Waals surface area contributed by atoms with Gasteiger partial charge in [0.25, 0.3) is 0 Å². The van der Waals surface area contributed by atoms with Crippen LogP contribution in [0.3, 0.4) is 0 Å². The Morgan fingerprint density at radius 3 is 2.28 bits per heavy atom. The van der Waals surface area contributed by atoms with E-state index in [-0.39, 0.29) is 5.91 Å². The molecule has 0 spiro atoms. The average molecular weight is 246 g/mol. The Kier molecular flexibility index (Phi) is 4.76. The van der Waals surface area contributed by atoms with Crippen LogP contribution in [0.15, 0.2) is 24.3 Å². The summed E-state index contributed by atoms with van der Waals surface area (Å²) in [7, 11) is 0. The van der Waals surface area contributed by atoms with Crippen molar-refractivity contribution in [1.82, 2.24) is 4.90 Å². The van der Waals surface area contributed by atoms with Crippen LogP contribution >= 0.6 is 0 Å². The predicted octanol–water partition coefficient (Wildman–Crippen LogP) is 3.02. The zero-order valence-corrected chi connectivity index (χ0v) is 11.1. The molecule has 0 atom stereocenters. The van der Waals surface area contributed by atoms with Gasteiger partial charge in [-0.3, -0.25) is 9.69 Å². The Balaban J connectivity index is 1.90. The molecule has 0 unspecified atom stereocenters. The first-order chi connectivity index (χ1) is 8.74. The van der Waals surface area contributed by atoms with Crippen molar-refractivity contribution in [3.8, 4) is 0 Å². The number of hydrogen-bond acceptors (Lipinski definition) is 2. The van der Waals surface area contributed by atoms with Crippen molar-refractivity contribution in [2.45, 2.75) is 39.2 Å². The lowest BCUT2D eigenvalue weighted by Gasteiger charge is -2.19. The summed E-state index contributed by atoms with van der Waals surface area (Å²) < 4.78 is 0. The van der Waals surface area contributed by atoms with Crippen molar-refractivity contribution < 1.29 is 4.79 Å². The van der Waals surface area contributed by atoms with Gasteiger partial charge in [0.15, 0.2) is 0 Å². The van der Waals surface area contributed by atoms with Crippen LogP contribution in [0.4, 0.5) is 5.69 Å². The largest absolute Gasteiger partial charge is 0.326 e. The standard InChI is InChI=1S/C15H22N2O/c1-13(18)16-15-8-6-14(7-9-15)12-17-10-4-2-3-5-11-17/h6-9H,2-5,10-12H2,1H3,(H,16,18). The van der Waals surface area contributed by atoms with Crippen molar-refractivity contribution in [2.24, 2.45) is 0 Å². The number of anilines is 1. The lowest BCUT2D eigenvalue weighted by Crippen LogP contribution is -2.23. The summed E-state index contributed by atoms with van der Waals surface area (Å²) in [6.07, 6.45) is 5.39. The Labute approximate surface area is 109 Å². The van der Waals surface area contributed by atoms with Crippen LogP contribution in [-0.2, 0) is 11.3 Å². The molecule has 1 N–H and O–H groups in total. The van der Waals surface area contributed by atoms with Crippen LogP contribution in [0.1, 0.15) is 38.2 Å². The molecule has 18 heavy (non-hydrogen) atoms. The summed E-state index contributed by atoms with van der Waals surface area (Å²) in [4.78, 5) is 13.5. The molecule has 0 aromatic heterocycles. The minimum Gasteiger partial charge on any atom is -0.326 e. The molecule has 1 amide bonds. The van der Waals surface area contributed by atoms with E-state index in [9.17, 15) is 4.79 Å². The normalized spacial score (nSPS) is 17.2. The SMILES string of the molecule is CC(=O)Nc1ccc(CN2CCCCCC2)cc1. The zero-order chi connectivity index (χ0) is 12.8. The second kappa shape index (κ2) is 6.55. The van der Waals surface area contributed by atoms with Crippen molar-refractivity contribution in [3.05, 3.63) is 29.8 Å².